The Morgan fingerprint density at radius 2 is 1.50 bits per heavy atom. The van der Waals surface area contributed by atoms with E-state index in [1.165, 1.54) is 20.8 Å². The predicted molar refractivity (Wildman–Crippen MR) is 109 cm³/mol. The minimum absolute atomic E-state index is 0.100. The molecule has 0 spiro atoms. The van der Waals surface area contributed by atoms with E-state index >= 15 is 0 Å². The van der Waals surface area contributed by atoms with Gasteiger partial charge < -0.3 is 10.2 Å². The number of carbonyl (C=O) groups is 2. The molecular formula is C20H26N8O4. The molecule has 2 N–H and O–H groups in total. The van der Waals surface area contributed by atoms with Crippen LogP contribution in [0.2, 0.25) is 0 Å². The monoisotopic (exact) mass is 442 g/mol. The van der Waals surface area contributed by atoms with E-state index < -0.39 is 40.8 Å². The van der Waals surface area contributed by atoms with Crippen LogP contribution in [-0.2, 0) is 9.59 Å². The largest absolute Gasteiger partial charge is 0.481 e. The van der Waals surface area contributed by atoms with Gasteiger partial charge in [-0.25, -0.2) is 0 Å². The van der Waals surface area contributed by atoms with Crippen molar-refractivity contribution >= 4 is 11.9 Å². The lowest BCUT2D eigenvalue weighted by molar-refractivity contribution is -0.145. The Labute approximate surface area is 186 Å². The SMILES string of the molecule is CC(C#N)CN=NCC(C)(C#N)C(CC(C)(C#N)N=NC(C)(C#N)CCC(=O)O)C(=O)O. The summed E-state index contributed by atoms with van der Waals surface area (Å²) in [6.07, 6.45) is -0.896. The quantitative estimate of drug-likeness (QED) is 0.402. The van der Waals surface area contributed by atoms with Crippen molar-refractivity contribution in [2.24, 2.45) is 37.7 Å². The number of azo groups is 2. The summed E-state index contributed by atoms with van der Waals surface area (Å²) in [7, 11) is 0. The van der Waals surface area contributed by atoms with E-state index in [0.717, 1.165) is 0 Å². The Balaban J connectivity index is 5.77. The van der Waals surface area contributed by atoms with E-state index in [1.54, 1.807) is 6.92 Å². The standard InChI is InChI=1S/C20H26N8O4/c1-14(8-21)9-25-26-13-18(2,10-22)15(17(31)32)7-20(4,12-24)28-27-19(3,11-23)6-5-16(29)30/h14-15H,5-7,9,13H2,1-4H3,(H,29,30)(H,31,32). The zero-order valence-corrected chi connectivity index (χ0v) is 18.5. The van der Waals surface area contributed by atoms with Crippen LogP contribution in [0.15, 0.2) is 20.5 Å². The normalized spacial score (nSPS) is 18.6. The summed E-state index contributed by atoms with van der Waals surface area (Å²) in [5.41, 5.74) is -4.75. The molecule has 0 aliphatic heterocycles. The van der Waals surface area contributed by atoms with Gasteiger partial charge in [-0.2, -0.15) is 41.5 Å². The minimum Gasteiger partial charge on any atom is -0.481 e. The van der Waals surface area contributed by atoms with Gasteiger partial charge in [-0.3, -0.25) is 9.59 Å². The molecule has 0 radical (unpaired) electrons. The molecule has 0 bridgehead atoms. The van der Waals surface area contributed by atoms with Crippen molar-refractivity contribution < 1.29 is 19.8 Å². The molecule has 0 heterocycles. The second kappa shape index (κ2) is 12.1. The highest BCUT2D eigenvalue weighted by atomic mass is 16.4. The molecule has 0 aromatic heterocycles. The number of hydrogen-bond acceptors (Lipinski definition) is 10. The number of rotatable bonds is 13. The fourth-order valence-corrected chi connectivity index (χ4v) is 2.43. The molecule has 12 heteroatoms. The molecule has 0 amide bonds. The Morgan fingerprint density at radius 1 is 0.938 bits per heavy atom. The average molecular weight is 442 g/mol. The van der Waals surface area contributed by atoms with Gasteiger partial charge >= 0.3 is 11.9 Å². The highest BCUT2D eigenvalue weighted by Crippen LogP contribution is 2.36. The molecule has 0 aliphatic carbocycles. The number of carboxylic acids is 2. The molecule has 12 nitrogen and oxygen atoms in total. The van der Waals surface area contributed by atoms with Gasteiger partial charge in [0.15, 0.2) is 11.1 Å². The summed E-state index contributed by atoms with van der Waals surface area (Å²) in [5, 5.41) is 71.3. The Bertz CT molecular complexity index is 922. The van der Waals surface area contributed by atoms with E-state index in [9.17, 15) is 30.5 Å². The second-order valence-corrected chi connectivity index (χ2v) is 8.14. The molecule has 0 aromatic rings. The summed E-state index contributed by atoms with van der Waals surface area (Å²) in [5.74, 6) is -4.24. The molecule has 0 fully saturated rings. The maximum absolute atomic E-state index is 12.0. The van der Waals surface area contributed by atoms with Gasteiger partial charge in [-0.05, 0) is 34.1 Å². The van der Waals surface area contributed by atoms with Crippen LogP contribution in [0.5, 0.6) is 0 Å². The molecule has 0 rings (SSSR count). The van der Waals surface area contributed by atoms with Gasteiger partial charge in [-0.1, -0.05) is 0 Å². The van der Waals surface area contributed by atoms with Crippen LogP contribution in [0.4, 0.5) is 0 Å². The van der Waals surface area contributed by atoms with Crippen molar-refractivity contribution in [2.75, 3.05) is 13.1 Å². The van der Waals surface area contributed by atoms with Gasteiger partial charge in [0.1, 0.15) is 0 Å². The van der Waals surface area contributed by atoms with Crippen molar-refractivity contribution in [1.82, 2.24) is 0 Å². The minimum atomic E-state index is -1.70. The Kier molecular flexibility index (Phi) is 10.6. The van der Waals surface area contributed by atoms with Crippen molar-refractivity contribution in [1.29, 1.82) is 21.0 Å². The maximum Gasteiger partial charge on any atom is 0.308 e. The van der Waals surface area contributed by atoms with Crippen LogP contribution in [0.25, 0.3) is 0 Å². The maximum atomic E-state index is 12.0. The highest BCUT2D eigenvalue weighted by Gasteiger charge is 2.45. The van der Waals surface area contributed by atoms with Crippen LogP contribution in [0, 0.1) is 62.6 Å². The molecule has 0 aliphatic rings. The molecule has 5 unspecified atom stereocenters. The number of nitriles is 4. The van der Waals surface area contributed by atoms with Crippen LogP contribution in [-0.4, -0.2) is 46.3 Å². The number of nitrogens with zero attached hydrogens (tertiary/aromatic N) is 8. The highest BCUT2D eigenvalue weighted by molar-refractivity contribution is 5.72. The van der Waals surface area contributed by atoms with E-state index in [4.69, 9.17) is 10.4 Å². The lowest BCUT2D eigenvalue weighted by Crippen LogP contribution is -2.40. The van der Waals surface area contributed by atoms with Crippen LogP contribution in [0.3, 0.4) is 0 Å². The zero-order chi connectivity index (χ0) is 25.0. The first kappa shape index (κ1) is 28.1. The third-order valence-corrected chi connectivity index (χ3v) is 4.80. The molecule has 170 valence electrons. The summed E-state index contributed by atoms with van der Waals surface area (Å²) >= 11 is 0. The predicted octanol–water partition coefficient (Wildman–Crippen LogP) is 3.10. The van der Waals surface area contributed by atoms with Crippen molar-refractivity contribution in [3.63, 3.8) is 0 Å². The van der Waals surface area contributed by atoms with E-state index in [1.807, 2.05) is 24.3 Å². The van der Waals surface area contributed by atoms with Gasteiger partial charge in [0, 0.05) is 12.8 Å². The molecule has 0 saturated heterocycles. The third-order valence-electron chi connectivity index (χ3n) is 4.80. The molecule has 5 atom stereocenters. The number of carboxylic acid groups (broad SMARTS) is 2. The van der Waals surface area contributed by atoms with Gasteiger partial charge in [-0.15, -0.1) is 0 Å². The van der Waals surface area contributed by atoms with Gasteiger partial charge in [0.05, 0.1) is 54.6 Å². The zero-order valence-electron chi connectivity index (χ0n) is 18.5. The topological polar surface area (TPSA) is 219 Å². The van der Waals surface area contributed by atoms with Gasteiger partial charge in [0.2, 0.25) is 0 Å². The van der Waals surface area contributed by atoms with Crippen molar-refractivity contribution in [3.8, 4) is 24.3 Å². The molecule has 0 saturated carbocycles. The molecular weight excluding hydrogens is 416 g/mol. The van der Waals surface area contributed by atoms with E-state index in [0.29, 0.717) is 0 Å². The van der Waals surface area contributed by atoms with Crippen molar-refractivity contribution in [3.05, 3.63) is 0 Å². The summed E-state index contributed by atoms with van der Waals surface area (Å²) in [6, 6.07) is 7.61. The lowest BCUT2D eigenvalue weighted by atomic mass is 9.72. The first-order valence-corrected chi connectivity index (χ1v) is 9.65. The molecule has 32 heavy (non-hydrogen) atoms. The third kappa shape index (κ3) is 8.85. The van der Waals surface area contributed by atoms with Crippen molar-refractivity contribution in [2.45, 2.75) is 58.0 Å². The Hall–Kier alpha value is -3.90. The lowest BCUT2D eigenvalue weighted by Gasteiger charge is -2.30. The van der Waals surface area contributed by atoms with Gasteiger partial charge in [0.25, 0.3) is 0 Å². The number of aliphatic carboxylic acids is 2. The van der Waals surface area contributed by atoms with Crippen LogP contribution >= 0.6 is 0 Å². The summed E-state index contributed by atoms with van der Waals surface area (Å²) < 4.78 is 0. The fraction of sp³-hybridized carbons (Fsp3) is 0.700. The first-order valence-electron chi connectivity index (χ1n) is 9.65. The summed E-state index contributed by atoms with van der Waals surface area (Å²) in [4.78, 5) is 22.7. The van der Waals surface area contributed by atoms with E-state index in [2.05, 4.69) is 20.5 Å². The van der Waals surface area contributed by atoms with Crippen LogP contribution in [0.1, 0.15) is 47.0 Å². The Morgan fingerprint density at radius 3 is 1.94 bits per heavy atom. The number of hydrogen-bond donors (Lipinski definition) is 2. The summed E-state index contributed by atoms with van der Waals surface area (Å²) in [6.45, 7) is 5.51. The second-order valence-electron chi connectivity index (χ2n) is 8.14. The molecule has 0 aromatic carbocycles. The van der Waals surface area contributed by atoms with E-state index in [-0.39, 0.29) is 31.8 Å². The smallest absolute Gasteiger partial charge is 0.308 e. The van der Waals surface area contributed by atoms with Crippen LogP contribution < -0.4 is 0 Å². The first-order chi connectivity index (χ1) is 14.8. The average Bonchev–Trinajstić information content (AvgIpc) is 2.77. The fourth-order valence-electron chi connectivity index (χ4n) is 2.43.